The van der Waals surface area contributed by atoms with E-state index in [9.17, 15) is 0 Å². The minimum Gasteiger partial charge on any atom is -0.439 e. The quantitative estimate of drug-likeness (QED) is 0.488. The van der Waals surface area contributed by atoms with Crippen molar-refractivity contribution in [2.45, 2.75) is 39.3 Å². The molecule has 0 amide bonds. The lowest BCUT2D eigenvalue weighted by molar-refractivity contribution is 0.461. The fraction of sp³-hybridized carbons (Fsp3) is 0.333. The molecule has 1 aliphatic rings. The van der Waals surface area contributed by atoms with E-state index in [1.165, 1.54) is 11.1 Å². The highest BCUT2D eigenvalue weighted by molar-refractivity contribution is 5.80. The highest BCUT2D eigenvalue weighted by Gasteiger charge is 2.11. The fourth-order valence-electron chi connectivity index (χ4n) is 2.82. The van der Waals surface area contributed by atoms with E-state index in [0.717, 1.165) is 30.1 Å². The predicted octanol–water partition coefficient (Wildman–Crippen LogP) is 3.87. The van der Waals surface area contributed by atoms with Crippen LogP contribution in [0.2, 0.25) is 0 Å². The monoisotopic (exact) mass is 350 g/mol. The van der Waals surface area contributed by atoms with Gasteiger partial charge in [-0.25, -0.2) is 4.98 Å². The molecule has 1 heterocycles. The number of rotatable bonds is 5. The van der Waals surface area contributed by atoms with Crippen molar-refractivity contribution < 1.29 is 4.74 Å². The predicted molar refractivity (Wildman–Crippen MR) is 106 cm³/mol. The summed E-state index contributed by atoms with van der Waals surface area (Å²) in [6.07, 6.45) is 8.26. The number of aromatic nitrogens is 1. The van der Waals surface area contributed by atoms with E-state index in [2.05, 4.69) is 52.7 Å². The minimum atomic E-state index is 0.433. The first-order chi connectivity index (χ1) is 12.6. The van der Waals surface area contributed by atoms with Crippen molar-refractivity contribution in [3.8, 4) is 11.6 Å². The molecule has 136 valence electrons. The number of ether oxygens (including phenoxy) is 1. The normalized spacial score (nSPS) is 14.5. The zero-order valence-corrected chi connectivity index (χ0v) is 15.6. The molecule has 5 heteroatoms. The summed E-state index contributed by atoms with van der Waals surface area (Å²) in [5, 5.41) is 6.78. The average molecular weight is 350 g/mol. The van der Waals surface area contributed by atoms with E-state index in [-0.39, 0.29) is 0 Å². The second-order valence-electron chi connectivity index (χ2n) is 6.56. The Morgan fingerprint density at radius 3 is 2.69 bits per heavy atom. The molecule has 0 atom stereocenters. The summed E-state index contributed by atoms with van der Waals surface area (Å²) in [4.78, 5) is 8.61. The standard InChI is InChI=1S/C21H26N4O/c1-15-8-9-19(12-16(15)2)26-20-13-17(10-11-23-20)14-24-21(22-3)25-18-6-4-5-7-18/h4-5,8-13,18H,6-7,14H2,1-3H3,(H2,22,24,25). The van der Waals surface area contributed by atoms with Gasteiger partial charge in [0.15, 0.2) is 5.96 Å². The molecule has 5 nitrogen and oxygen atoms in total. The van der Waals surface area contributed by atoms with E-state index in [4.69, 9.17) is 4.74 Å². The molecular formula is C21H26N4O. The van der Waals surface area contributed by atoms with Gasteiger partial charge in [-0.15, -0.1) is 0 Å². The van der Waals surface area contributed by atoms with Gasteiger partial charge in [-0.3, -0.25) is 4.99 Å². The van der Waals surface area contributed by atoms with Gasteiger partial charge in [0.05, 0.1) is 0 Å². The zero-order valence-electron chi connectivity index (χ0n) is 15.6. The third-order valence-corrected chi connectivity index (χ3v) is 4.53. The van der Waals surface area contributed by atoms with Gasteiger partial charge in [0.2, 0.25) is 5.88 Å². The van der Waals surface area contributed by atoms with Crippen molar-refractivity contribution in [1.82, 2.24) is 15.6 Å². The van der Waals surface area contributed by atoms with E-state index in [1.807, 2.05) is 24.3 Å². The maximum atomic E-state index is 5.90. The molecule has 1 aromatic heterocycles. The summed E-state index contributed by atoms with van der Waals surface area (Å²) in [6, 6.07) is 10.4. The van der Waals surface area contributed by atoms with Gasteiger partial charge in [-0.2, -0.15) is 0 Å². The summed E-state index contributed by atoms with van der Waals surface area (Å²) >= 11 is 0. The third kappa shape index (κ3) is 4.85. The van der Waals surface area contributed by atoms with Gasteiger partial charge in [0, 0.05) is 31.9 Å². The average Bonchev–Trinajstić information content (AvgIpc) is 3.15. The topological polar surface area (TPSA) is 58.5 Å². The number of nitrogens with one attached hydrogen (secondary N) is 2. The Labute approximate surface area is 155 Å². The van der Waals surface area contributed by atoms with Gasteiger partial charge < -0.3 is 15.4 Å². The number of aryl methyl sites for hydroxylation is 2. The van der Waals surface area contributed by atoms with E-state index in [0.29, 0.717) is 18.5 Å². The summed E-state index contributed by atoms with van der Waals surface area (Å²) < 4.78 is 5.90. The van der Waals surface area contributed by atoms with Crippen LogP contribution in [0.1, 0.15) is 29.5 Å². The number of hydrogen-bond donors (Lipinski definition) is 2. The maximum absolute atomic E-state index is 5.90. The Bertz CT molecular complexity index is 805. The molecule has 0 aliphatic heterocycles. The first-order valence-corrected chi connectivity index (χ1v) is 8.96. The fourth-order valence-corrected chi connectivity index (χ4v) is 2.82. The highest BCUT2D eigenvalue weighted by atomic mass is 16.5. The van der Waals surface area contributed by atoms with Crippen molar-refractivity contribution in [2.24, 2.45) is 4.99 Å². The maximum Gasteiger partial charge on any atom is 0.219 e. The van der Waals surface area contributed by atoms with Crippen LogP contribution in [-0.4, -0.2) is 24.0 Å². The Hall–Kier alpha value is -2.82. The van der Waals surface area contributed by atoms with Gasteiger partial charge in [0.1, 0.15) is 5.75 Å². The number of benzene rings is 1. The molecule has 1 aromatic carbocycles. The minimum absolute atomic E-state index is 0.433. The second-order valence-corrected chi connectivity index (χ2v) is 6.56. The Morgan fingerprint density at radius 2 is 1.96 bits per heavy atom. The molecule has 0 fully saturated rings. The molecule has 1 aliphatic carbocycles. The molecule has 0 saturated carbocycles. The van der Waals surface area contributed by atoms with Crippen LogP contribution in [0.3, 0.4) is 0 Å². The molecule has 0 bridgehead atoms. The lowest BCUT2D eigenvalue weighted by Crippen LogP contribution is -2.42. The summed E-state index contributed by atoms with van der Waals surface area (Å²) in [6.45, 7) is 4.83. The van der Waals surface area contributed by atoms with Crippen LogP contribution in [0.4, 0.5) is 0 Å². The van der Waals surface area contributed by atoms with Crippen molar-refractivity contribution in [2.75, 3.05) is 7.05 Å². The zero-order chi connectivity index (χ0) is 18.4. The van der Waals surface area contributed by atoms with Crippen molar-refractivity contribution in [1.29, 1.82) is 0 Å². The van der Waals surface area contributed by atoms with Crippen molar-refractivity contribution in [3.05, 3.63) is 65.4 Å². The summed E-state index contributed by atoms with van der Waals surface area (Å²) in [5.74, 6) is 2.21. The number of hydrogen-bond acceptors (Lipinski definition) is 3. The molecule has 0 spiro atoms. The summed E-state index contributed by atoms with van der Waals surface area (Å²) in [7, 11) is 1.79. The number of aliphatic imine (C=N–C) groups is 1. The first kappa shape index (κ1) is 18.0. The molecule has 2 aromatic rings. The second kappa shape index (κ2) is 8.52. The lowest BCUT2D eigenvalue weighted by Gasteiger charge is -2.17. The Morgan fingerprint density at radius 1 is 1.15 bits per heavy atom. The molecule has 2 N–H and O–H groups in total. The van der Waals surface area contributed by atoms with Crippen LogP contribution in [0.5, 0.6) is 11.6 Å². The molecule has 0 unspecified atom stereocenters. The van der Waals surface area contributed by atoms with Crippen LogP contribution in [-0.2, 0) is 6.54 Å². The molecule has 3 rings (SSSR count). The van der Waals surface area contributed by atoms with Crippen LogP contribution in [0.15, 0.2) is 53.7 Å². The van der Waals surface area contributed by atoms with Crippen LogP contribution in [0, 0.1) is 13.8 Å². The Kier molecular flexibility index (Phi) is 5.89. The molecule has 26 heavy (non-hydrogen) atoms. The molecular weight excluding hydrogens is 324 g/mol. The number of guanidine groups is 1. The Balaban J connectivity index is 1.58. The lowest BCUT2D eigenvalue weighted by atomic mass is 10.1. The van der Waals surface area contributed by atoms with Crippen LogP contribution >= 0.6 is 0 Å². The third-order valence-electron chi connectivity index (χ3n) is 4.53. The largest absolute Gasteiger partial charge is 0.439 e. The van der Waals surface area contributed by atoms with Crippen molar-refractivity contribution >= 4 is 5.96 Å². The van der Waals surface area contributed by atoms with Crippen LogP contribution < -0.4 is 15.4 Å². The van der Waals surface area contributed by atoms with E-state index >= 15 is 0 Å². The van der Waals surface area contributed by atoms with Crippen LogP contribution in [0.25, 0.3) is 0 Å². The van der Waals surface area contributed by atoms with Gasteiger partial charge >= 0.3 is 0 Å². The van der Waals surface area contributed by atoms with E-state index < -0.39 is 0 Å². The smallest absolute Gasteiger partial charge is 0.219 e. The molecule has 0 radical (unpaired) electrons. The van der Waals surface area contributed by atoms with Gasteiger partial charge in [0.25, 0.3) is 0 Å². The molecule has 0 saturated heterocycles. The highest BCUT2D eigenvalue weighted by Crippen LogP contribution is 2.22. The van der Waals surface area contributed by atoms with Gasteiger partial charge in [-0.1, -0.05) is 18.2 Å². The number of pyridine rings is 1. The van der Waals surface area contributed by atoms with Crippen molar-refractivity contribution in [3.63, 3.8) is 0 Å². The summed E-state index contributed by atoms with van der Waals surface area (Å²) in [5.41, 5.74) is 3.54. The number of nitrogens with zero attached hydrogens (tertiary/aromatic N) is 2. The van der Waals surface area contributed by atoms with Gasteiger partial charge in [-0.05, 0) is 61.6 Å². The SMILES string of the molecule is CN=C(NCc1ccnc(Oc2ccc(C)c(C)c2)c1)NC1CC=CC1. The van der Waals surface area contributed by atoms with E-state index in [1.54, 1.807) is 13.2 Å². The first-order valence-electron chi connectivity index (χ1n) is 8.96.